The Hall–Kier alpha value is -1.36. The molecule has 100 valence electrons. The smallest absolute Gasteiger partial charge is 0.319 e. The molecule has 0 N–H and O–H groups in total. The van der Waals surface area contributed by atoms with Crippen molar-refractivity contribution >= 4 is 5.97 Å². The lowest BCUT2D eigenvalue weighted by Crippen LogP contribution is -2.26. The fourth-order valence-corrected chi connectivity index (χ4v) is 2.45. The topological polar surface area (TPSA) is 47.4 Å². The summed E-state index contributed by atoms with van der Waals surface area (Å²) in [6.07, 6.45) is 7.14. The van der Waals surface area contributed by atoms with E-state index in [1.54, 1.807) is 0 Å². The van der Waals surface area contributed by atoms with Crippen molar-refractivity contribution in [3.8, 4) is 0 Å². The van der Waals surface area contributed by atoms with Crippen molar-refractivity contribution in [3.63, 3.8) is 0 Å². The standard InChI is InChI=1S/C13H21N3O2/c1-15(10-13(17)18-2)9-11-7-8-16(14-11)12-5-3-4-6-12/h7-8,12H,3-6,9-10H2,1-2H3. The van der Waals surface area contributed by atoms with Crippen molar-refractivity contribution in [1.29, 1.82) is 0 Å². The summed E-state index contributed by atoms with van der Waals surface area (Å²) >= 11 is 0. The first-order valence-corrected chi connectivity index (χ1v) is 6.48. The molecule has 0 unspecified atom stereocenters. The number of nitrogens with zero attached hydrogens (tertiary/aromatic N) is 3. The molecule has 18 heavy (non-hydrogen) atoms. The summed E-state index contributed by atoms with van der Waals surface area (Å²) in [6, 6.07) is 2.61. The van der Waals surface area contributed by atoms with Crippen LogP contribution in [0.1, 0.15) is 37.4 Å². The highest BCUT2D eigenvalue weighted by Crippen LogP contribution is 2.28. The Morgan fingerprint density at radius 2 is 2.28 bits per heavy atom. The first kappa shape index (κ1) is 13.1. The van der Waals surface area contributed by atoms with E-state index in [4.69, 9.17) is 0 Å². The molecule has 0 aromatic carbocycles. The van der Waals surface area contributed by atoms with E-state index in [9.17, 15) is 4.79 Å². The van der Waals surface area contributed by atoms with Gasteiger partial charge in [-0.3, -0.25) is 14.4 Å². The molecule has 0 atom stereocenters. The summed E-state index contributed by atoms with van der Waals surface area (Å²) in [5.74, 6) is -0.215. The van der Waals surface area contributed by atoms with Crippen molar-refractivity contribution < 1.29 is 9.53 Å². The van der Waals surface area contributed by atoms with Crippen LogP contribution in [0.25, 0.3) is 0 Å². The first-order valence-electron chi connectivity index (χ1n) is 6.48. The Kier molecular flexibility index (Phi) is 4.36. The van der Waals surface area contributed by atoms with Gasteiger partial charge in [0, 0.05) is 12.7 Å². The summed E-state index contributed by atoms with van der Waals surface area (Å²) < 4.78 is 6.72. The molecule has 5 heteroatoms. The highest BCUT2D eigenvalue weighted by Gasteiger charge is 2.17. The summed E-state index contributed by atoms with van der Waals surface area (Å²) in [6.45, 7) is 0.974. The van der Waals surface area contributed by atoms with Gasteiger partial charge >= 0.3 is 5.97 Å². The molecule has 1 aliphatic rings. The normalized spacial score (nSPS) is 16.4. The van der Waals surface area contributed by atoms with Gasteiger partial charge in [0.2, 0.25) is 0 Å². The van der Waals surface area contributed by atoms with Crippen molar-refractivity contribution in [3.05, 3.63) is 18.0 Å². The molecule has 1 aliphatic carbocycles. The summed E-state index contributed by atoms with van der Waals surface area (Å²) in [5, 5.41) is 4.59. The minimum absolute atomic E-state index is 0.215. The Morgan fingerprint density at radius 3 is 2.94 bits per heavy atom. The van der Waals surface area contributed by atoms with Gasteiger partial charge in [-0.15, -0.1) is 0 Å². The van der Waals surface area contributed by atoms with E-state index in [2.05, 4.69) is 20.7 Å². The average Bonchev–Trinajstić information content (AvgIpc) is 2.98. The third-order valence-electron chi connectivity index (χ3n) is 3.42. The highest BCUT2D eigenvalue weighted by molar-refractivity contribution is 5.71. The second-order valence-electron chi connectivity index (χ2n) is 4.97. The zero-order valence-electron chi connectivity index (χ0n) is 11.1. The van der Waals surface area contributed by atoms with Gasteiger partial charge in [0.05, 0.1) is 25.4 Å². The fourth-order valence-electron chi connectivity index (χ4n) is 2.45. The van der Waals surface area contributed by atoms with E-state index in [1.165, 1.54) is 32.8 Å². The van der Waals surface area contributed by atoms with Gasteiger partial charge in [-0.2, -0.15) is 5.10 Å². The number of likely N-dealkylation sites (N-methyl/N-ethyl adjacent to an activating group) is 1. The van der Waals surface area contributed by atoms with Gasteiger partial charge in [-0.25, -0.2) is 0 Å². The Balaban J connectivity index is 1.87. The molecule has 0 spiro atoms. The SMILES string of the molecule is COC(=O)CN(C)Cc1ccn(C2CCCC2)n1. The molecule has 1 aromatic heterocycles. The number of hydrogen-bond acceptors (Lipinski definition) is 4. The number of ether oxygens (including phenoxy) is 1. The van der Waals surface area contributed by atoms with Gasteiger partial charge in [0.15, 0.2) is 0 Å². The number of methoxy groups -OCH3 is 1. The van der Waals surface area contributed by atoms with Crippen LogP contribution in [-0.2, 0) is 16.1 Å². The van der Waals surface area contributed by atoms with E-state index in [0.29, 0.717) is 19.1 Å². The highest BCUT2D eigenvalue weighted by atomic mass is 16.5. The number of carbonyl (C=O) groups excluding carboxylic acids is 1. The van der Waals surface area contributed by atoms with Crippen molar-refractivity contribution in [2.45, 2.75) is 38.3 Å². The zero-order chi connectivity index (χ0) is 13.0. The maximum Gasteiger partial charge on any atom is 0.319 e. The minimum atomic E-state index is -0.215. The number of esters is 1. The van der Waals surface area contributed by atoms with Crippen LogP contribution in [0.15, 0.2) is 12.3 Å². The molecule has 1 saturated carbocycles. The molecule has 0 bridgehead atoms. The molecule has 0 saturated heterocycles. The van der Waals surface area contributed by atoms with E-state index in [1.807, 2.05) is 18.0 Å². The van der Waals surface area contributed by atoms with Crippen molar-refractivity contribution in [2.24, 2.45) is 0 Å². The van der Waals surface area contributed by atoms with E-state index in [0.717, 1.165) is 5.69 Å². The van der Waals surface area contributed by atoms with Crippen molar-refractivity contribution in [1.82, 2.24) is 14.7 Å². The Morgan fingerprint density at radius 1 is 1.56 bits per heavy atom. The van der Waals surface area contributed by atoms with Gasteiger partial charge < -0.3 is 4.74 Å². The van der Waals surface area contributed by atoms with Crippen LogP contribution in [0.5, 0.6) is 0 Å². The van der Waals surface area contributed by atoms with E-state index in [-0.39, 0.29) is 5.97 Å². The Bertz CT molecular complexity index is 397. The number of carbonyl (C=O) groups is 1. The molecular weight excluding hydrogens is 230 g/mol. The van der Waals surface area contributed by atoms with Gasteiger partial charge in [0.25, 0.3) is 0 Å². The van der Waals surface area contributed by atoms with Crippen LogP contribution in [0.2, 0.25) is 0 Å². The molecule has 5 nitrogen and oxygen atoms in total. The monoisotopic (exact) mass is 251 g/mol. The third kappa shape index (κ3) is 3.32. The van der Waals surface area contributed by atoms with Crippen LogP contribution in [0.4, 0.5) is 0 Å². The minimum Gasteiger partial charge on any atom is -0.468 e. The van der Waals surface area contributed by atoms with Crippen LogP contribution < -0.4 is 0 Å². The number of hydrogen-bond donors (Lipinski definition) is 0. The molecule has 0 radical (unpaired) electrons. The molecule has 0 amide bonds. The average molecular weight is 251 g/mol. The van der Waals surface area contributed by atoms with Crippen molar-refractivity contribution in [2.75, 3.05) is 20.7 Å². The summed E-state index contributed by atoms with van der Waals surface area (Å²) in [7, 11) is 3.30. The maximum absolute atomic E-state index is 11.1. The molecule has 0 aliphatic heterocycles. The van der Waals surface area contributed by atoms with Crippen LogP contribution in [-0.4, -0.2) is 41.4 Å². The Labute approximate surface area is 108 Å². The largest absolute Gasteiger partial charge is 0.468 e. The lowest BCUT2D eigenvalue weighted by Gasteiger charge is -2.13. The second kappa shape index (κ2) is 6.00. The van der Waals surface area contributed by atoms with E-state index < -0.39 is 0 Å². The zero-order valence-corrected chi connectivity index (χ0v) is 11.1. The van der Waals surface area contributed by atoms with Crippen LogP contribution in [0, 0.1) is 0 Å². The maximum atomic E-state index is 11.1. The first-order chi connectivity index (χ1) is 8.69. The molecule has 1 fully saturated rings. The summed E-state index contributed by atoms with van der Waals surface area (Å²) in [5.41, 5.74) is 1.01. The number of rotatable bonds is 5. The second-order valence-corrected chi connectivity index (χ2v) is 4.97. The number of aromatic nitrogens is 2. The molecule has 1 heterocycles. The predicted octanol–water partition coefficient (Wildman–Crippen LogP) is 1.60. The molecular formula is C13H21N3O2. The van der Waals surface area contributed by atoms with Crippen LogP contribution >= 0.6 is 0 Å². The fraction of sp³-hybridized carbons (Fsp3) is 0.692. The third-order valence-corrected chi connectivity index (χ3v) is 3.42. The lowest BCUT2D eigenvalue weighted by molar-refractivity contribution is -0.141. The quantitative estimate of drug-likeness (QED) is 0.746. The molecule has 2 rings (SSSR count). The lowest BCUT2D eigenvalue weighted by atomic mass is 10.3. The predicted molar refractivity (Wildman–Crippen MR) is 68.1 cm³/mol. The van der Waals surface area contributed by atoms with Gasteiger partial charge in [0.1, 0.15) is 0 Å². The molecule has 1 aromatic rings. The van der Waals surface area contributed by atoms with Crippen LogP contribution in [0.3, 0.4) is 0 Å². The summed E-state index contributed by atoms with van der Waals surface area (Å²) in [4.78, 5) is 13.0. The van der Waals surface area contributed by atoms with Gasteiger partial charge in [-0.1, -0.05) is 12.8 Å². The van der Waals surface area contributed by atoms with Gasteiger partial charge in [-0.05, 0) is 26.0 Å². The van der Waals surface area contributed by atoms with E-state index >= 15 is 0 Å².